The van der Waals surface area contributed by atoms with Gasteiger partial charge in [-0.25, -0.2) is 4.98 Å². The standard InChI is InChI=1S/C16H18N2O3S/c1-11(2)9-18(10-14(19)20)16(21)13-8-17-15(22-13)12-6-4-3-5-7-12/h3-8,11H,9-10H2,1-2H3,(H,19,20). The predicted octanol–water partition coefficient (Wildman–Crippen LogP) is 2.99. The van der Waals surface area contributed by atoms with E-state index >= 15 is 0 Å². The Morgan fingerprint density at radius 1 is 1.27 bits per heavy atom. The minimum atomic E-state index is -1.01. The zero-order chi connectivity index (χ0) is 16.1. The number of nitrogens with zero attached hydrogens (tertiary/aromatic N) is 2. The largest absolute Gasteiger partial charge is 0.480 e. The third kappa shape index (κ3) is 4.14. The summed E-state index contributed by atoms with van der Waals surface area (Å²) in [5, 5.41) is 9.72. The lowest BCUT2D eigenvalue weighted by atomic mass is 10.2. The van der Waals surface area contributed by atoms with E-state index < -0.39 is 5.97 Å². The third-order valence-electron chi connectivity index (χ3n) is 2.94. The molecule has 0 aliphatic heterocycles. The Bertz CT molecular complexity index is 652. The van der Waals surface area contributed by atoms with E-state index in [1.165, 1.54) is 22.4 Å². The van der Waals surface area contributed by atoms with Gasteiger partial charge in [-0.1, -0.05) is 44.2 Å². The maximum atomic E-state index is 12.5. The molecule has 0 saturated carbocycles. The van der Waals surface area contributed by atoms with Gasteiger partial charge in [0, 0.05) is 12.1 Å². The van der Waals surface area contributed by atoms with Crippen molar-refractivity contribution in [2.24, 2.45) is 5.92 Å². The highest BCUT2D eigenvalue weighted by atomic mass is 32.1. The fourth-order valence-corrected chi connectivity index (χ4v) is 2.96. The Hall–Kier alpha value is -2.21. The summed E-state index contributed by atoms with van der Waals surface area (Å²) in [6, 6.07) is 9.59. The summed E-state index contributed by atoms with van der Waals surface area (Å²) in [6.45, 7) is 4.01. The van der Waals surface area contributed by atoms with Gasteiger partial charge in [-0.3, -0.25) is 9.59 Å². The third-order valence-corrected chi connectivity index (χ3v) is 3.97. The normalized spacial score (nSPS) is 10.7. The minimum absolute atomic E-state index is 0.199. The van der Waals surface area contributed by atoms with Crippen LogP contribution in [-0.4, -0.2) is 40.0 Å². The fraction of sp³-hybridized carbons (Fsp3) is 0.312. The first-order valence-electron chi connectivity index (χ1n) is 6.99. The Balaban J connectivity index is 2.20. The second-order valence-corrected chi connectivity index (χ2v) is 6.40. The first-order chi connectivity index (χ1) is 10.5. The molecular weight excluding hydrogens is 300 g/mol. The van der Waals surface area contributed by atoms with E-state index in [9.17, 15) is 9.59 Å². The number of aliphatic carboxylic acids is 1. The molecule has 116 valence electrons. The van der Waals surface area contributed by atoms with Gasteiger partial charge < -0.3 is 10.0 Å². The minimum Gasteiger partial charge on any atom is -0.480 e. The Kier molecular flexibility index (Phi) is 5.27. The van der Waals surface area contributed by atoms with Crippen molar-refractivity contribution in [1.82, 2.24) is 9.88 Å². The van der Waals surface area contributed by atoms with Gasteiger partial charge in [0.25, 0.3) is 5.91 Å². The SMILES string of the molecule is CC(C)CN(CC(=O)O)C(=O)c1cnc(-c2ccccc2)s1. The maximum absolute atomic E-state index is 12.5. The molecule has 2 rings (SSSR count). The molecule has 1 N–H and O–H groups in total. The number of hydrogen-bond donors (Lipinski definition) is 1. The van der Waals surface area contributed by atoms with Crippen LogP contribution in [0.15, 0.2) is 36.5 Å². The highest BCUT2D eigenvalue weighted by Gasteiger charge is 2.21. The molecule has 0 saturated heterocycles. The van der Waals surface area contributed by atoms with Crippen molar-refractivity contribution in [3.63, 3.8) is 0 Å². The number of benzene rings is 1. The van der Waals surface area contributed by atoms with Crippen LogP contribution < -0.4 is 0 Å². The molecule has 1 amide bonds. The molecule has 0 aliphatic rings. The van der Waals surface area contributed by atoms with Crippen LogP contribution in [0.5, 0.6) is 0 Å². The Morgan fingerprint density at radius 3 is 2.55 bits per heavy atom. The molecule has 1 aromatic carbocycles. The molecule has 22 heavy (non-hydrogen) atoms. The molecule has 0 atom stereocenters. The number of carbonyl (C=O) groups is 2. The number of amides is 1. The summed E-state index contributed by atoms with van der Waals surface area (Å²) in [4.78, 5) is 29.5. The summed E-state index contributed by atoms with van der Waals surface area (Å²) in [5.41, 5.74) is 0.945. The van der Waals surface area contributed by atoms with Crippen LogP contribution in [0.25, 0.3) is 10.6 Å². The van der Waals surface area contributed by atoms with Crippen molar-refractivity contribution < 1.29 is 14.7 Å². The molecule has 0 radical (unpaired) electrons. The van der Waals surface area contributed by atoms with Gasteiger partial charge in [0.1, 0.15) is 16.4 Å². The van der Waals surface area contributed by atoms with Gasteiger partial charge in [-0.15, -0.1) is 11.3 Å². The molecule has 0 aliphatic carbocycles. The first kappa shape index (κ1) is 16.2. The number of thiazole rings is 1. The molecule has 1 aromatic heterocycles. The van der Waals surface area contributed by atoms with E-state index in [-0.39, 0.29) is 18.4 Å². The second-order valence-electron chi connectivity index (χ2n) is 5.37. The topological polar surface area (TPSA) is 70.5 Å². The lowest BCUT2D eigenvalue weighted by molar-refractivity contribution is -0.137. The van der Waals surface area contributed by atoms with Gasteiger partial charge in [0.05, 0.1) is 6.20 Å². The monoisotopic (exact) mass is 318 g/mol. The van der Waals surface area contributed by atoms with Crippen molar-refractivity contribution in [3.8, 4) is 10.6 Å². The summed E-state index contributed by atoms with van der Waals surface area (Å²) in [6.07, 6.45) is 1.52. The number of carboxylic acids is 1. The predicted molar refractivity (Wildman–Crippen MR) is 85.9 cm³/mol. The molecule has 0 fully saturated rings. The highest BCUT2D eigenvalue weighted by Crippen LogP contribution is 2.25. The van der Waals surface area contributed by atoms with Crippen molar-refractivity contribution in [2.45, 2.75) is 13.8 Å². The zero-order valence-electron chi connectivity index (χ0n) is 12.5. The number of carbonyl (C=O) groups excluding carboxylic acids is 1. The molecule has 1 heterocycles. The number of hydrogen-bond acceptors (Lipinski definition) is 4. The van der Waals surface area contributed by atoms with Crippen LogP contribution in [0, 0.1) is 5.92 Å². The van der Waals surface area contributed by atoms with Crippen molar-refractivity contribution in [2.75, 3.05) is 13.1 Å². The van der Waals surface area contributed by atoms with Crippen LogP contribution in [0.2, 0.25) is 0 Å². The Labute approximate surface area is 133 Å². The van der Waals surface area contributed by atoms with Crippen LogP contribution in [-0.2, 0) is 4.79 Å². The van der Waals surface area contributed by atoms with E-state index in [0.29, 0.717) is 11.4 Å². The number of carboxylic acid groups (broad SMARTS) is 1. The van der Waals surface area contributed by atoms with Gasteiger partial charge in [-0.05, 0) is 5.92 Å². The second kappa shape index (κ2) is 7.17. The lowest BCUT2D eigenvalue weighted by Gasteiger charge is -2.21. The van der Waals surface area contributed by atoms with E-state index in [0.717, 1.165) is 10.6 Å². The Morgan fingerprint density at radius 2 is 1.95 bits per heavy atom. The molecule has 6 heteroatoms. The highest BCUT2D eigenvalue weighted by molar-refractivity contribution is 7.16. The average Bonchev–Trinajstić information content (AvgIpc) is 2.95. The average molecular weight is 318 g/mol. The maximum Gasteiger partial charge on any atom is 0.323 e. The van der Waals surface area contributed by atoms with E-state index in [2.05, 4.69) is 4.98 Å². The zero-order valence-corrected chi connectivity index (χ0v) is 13.3. The molecule has 0 spiro atoms. The molecule has 2 aromatic rings. The van der Waals surface area contributed by atoms with E-state index in [4.69, 9.17) is 5.11 Å². The molecule has 0 unspecified atom stereocenters. The van der Waals surface area contributed by atoms with Gasteiger partial charge in [0.2, 0.25) is 0 Å². The van der Waals surface area contributed by atoms with Crippen LogP contribution >= 0.6 is 11.3 Å². The van der Waals surface area contributed by atoms with Gasteiger partial charge in [-0.2, -0.15) is 0 Å². The van der Waals surface area contributed by atoms with Crippen LogP contribution in [0.4, 0.5) is 0 Å². The van der Waals surface area contributed by atoms with Crippen molar-refractivity contribution >= 4 is 23.2 Å². The van der Waals surface area contributed by atoms with E-state index in [1.807, 2.05) is 44.2 Å². The first-order valence-corrected chi connectivity index (χ1v) is 7.81. The smallest absolute Gasteiger partial charge is 0.323 e. The molecule has 5 nitrogen and oxygen atoms in total. The quantitative estimate of drug-likeness (QED) is 0.889. The summed E-state index contributed by atoms with van der Waals surface area (Å²) in [5.74, 6) is -1.10. The van der Waals surface area contributed by atoms with Crippen molar-refractivity contribution in [1.29, 1.82) is 0 Å². The number of rotatable bonds is 6. The van der Waals surface area contributed by atoms with Gasteiger partial charge >= 0.3 is 5.97 Å². The lowest BCUT2D eigenvalue weighted by Crippen LogP contribution is -2.37. The van der Waals surface area contributed by atoms with E-state index in [1.54, 1.807) is 0 Å². The molecular formula is C16H18N2O3S. The van der Waals surface area contributed by atoms with Crippen molar-refractivity contribution in [3.05, 3.63) is 41.4 Å². The fourth-order valence-electron chi connectivity index (χ4n) is 2.07. The summed E-state index contributed by atoms with van der Waals surface area (Å²) < 4.78 is 0. The molecule has 0 bridgehead atoms. The van der Waals surface area contributed by atoms with Gasteiger partial charge in [0.15, 0.2) is 0 Å². The van der Waals surface area contributed by atoms with Crippen LogP contribution in [0.3, 0.4) is 0 Å². The number of aromatic nitrogens is 1. The summed E-state index contributed by atoms with van der Waals surface area (Å²) >= 11 is 1.28. The summed E-state index contributed by atoms with van der Waals surface area (Å²) in [7, 11) is 0. The van der Waals surface area contributed by atoms with Crippen LogP contribution in [0.1, 0.15) is 23.5 Å².